The molecule has 0 atom stereocenters. The van der Waals surface area contributed by atoms with Gasteiger partial charge in [-0.2, -0.15) is 0 Å². The molecule has 0 unspecified atom stereocenters. The highest BCUT2D eigenvalue weighted by atomic mass is 32.2. The van der Waals surface area contributed by atoms with Crippen LogP contribution in [-0.4, -0.2) is 33.2 Å². The monoisotopic (exact) mass is 375 g/mol. The van der Waals surface area contributed by atoms with Gasteiger partial charge in [-0.05, 0) is 35.7 Å². The number of rotatable bonds is 6. The molecule has 0 saturated heterocycles. The van der Waals surface area contributed by atoms with E-state index in [1.807, 2.05) is 32.0 Å². The molecule has 0 fully saturated rings. The lowest BCUT2D eigenvalue weighted by atomic mass is 10.0. The van der Waals surface area contributed by atoms with Gasteiger partial charge in [0.15, 0.2) is 16.4 Å². The number of amides is 1. The van der Waals surface area contributed by atoms with Crippen molar-refractivity contribution in [2.75, 3.05) is 18.2 Å². The normalized spacial score (nSPS) is 11.2. The Morgan fingerprint density at radius 2 is 1.77 bits per heavy atom. The maximum atomic E-state index is 12.1. The van der Waals surface area contributed by atoms with Gasteiger partial charge < -0.3 is 10.1 Å². The number of anilines is 1. The minimum Gasteiger partial charge on any atom is -0.452 e. The standard InChI is InChI=1S/C19H21NO5S/c1-13(2)16-9-4-5-10-17(16)20-18(21)12-25-19(22)14-7-6-8-15(11-14)26(3,23)24/h4-11,13H,12H2,1-3H3,(H,20,21). The van der Waals surface area contributed by atoms with Gasteiger partial charge >= 0.3 is 5.97 Å². The Bertz CT molecular complexity index is 919. The first-order chi connectivity index (χ1) is 12.2. The molecule has 26 heavy (non-hydrogen) atoms. The molecule has 1 amide bonds. The number of esters is 1. The molecule has 0 bridgehead atoms. The summed E-state index contributed by atoms with van der Waals surface area (Å²) in [6, 6.07) is 12.9. The molecular weight excluding hydrogens is 354 g/mol. The number of ether oxygens (including phenoxy) is 1. The van der Waals surface area contributed by atoms with Crippen molar-refractivity contribution >= 4 is 27.4 Å². The summed E-state index contributed by atoms with van der Waals surface area (Å²) >= 11 is 0. The zero-order valence-corrected chi connectivity index (χ0v) is 15.7. The fourth-order valence-corrected chi connectivity index (χ4v) is 3.04. The molecule has 0 radical (unpaired) electrons. The van der Waals surface area contributed by atoms with E-state index in [0.717, 1.165) is 11.8 Å². The van der Waals surface area contributed by atoms with Crippen molar-refractivity contribution in [2.24, 2.45) is 0 Å². The number of carbonyl (C=O) groups is 2. The molecule has 0 heterocycles. The first-order valence-corrected chi connectivity index (χ1v) is 9.93. The maximum Gasteiger partial charge on any atom is 0.338 e. The molecule has 1 N–H and O–H groups in total. The molecule has 0 aliphatic rings. The smallest absolute Gasteiger partial charge is 0.338 e. The Balaban J connectivity index is 2.01. The Morgan fingerprint density at radius 1 is 1.08 bits per heavy atom. The van der Waals surface area contributed by atoms with E-state index in [1.54, 1.807) is 6.07 Å². The van der Waals surface area contributed by atoms with Crippen LogP contribution in [0.2, 0.25) is 0 Å². The number of nitrogens with one attached hydrogen (secondary N) is 1. The van der Waals surface area contributed by atoms with E-state index in [4.69, 9.17) is 4.74 Å². The van der Waals surface area contributed by atoms with Gasteiger partial charge in [0.25, 0.3) is 5.91 Å². The summed E-state index contributed by atoms with van der Waals surface area (Å²) in [5.41, 5.74) is 1.72. The molecule has 2 aromatic carbocycles. The first-order valence-electron chi connectivity index (χ1n) is 8.04. The van der Waals surface area contributed by atoms with Gasteiger partial charge in [0.05, 0.1) is 10.5 Å². The maximum absolute atomic E-state index is 12.1. The lowest BCUT2D eigenvalue weighted by molar-refractivity contribution is -0.119. The van der Waals surface area contributed by atoms with Gasteiger partial charge in [-0.25, -0.2) is 13.2 Å². The summed E-state index contributed by atoms with van der Waals surface area (Å²) in [5, 5.41) is 2.72. The lowest BCUT2D eigenvalue weighted by Gasteiger charge is -2.13. The van der Waals surface area contributed by atoms with Crippen molar-refractivity contribution in [1.29, 1.82) is 0 Å². The second-order valence-electron chi connectivity index (χ2n) is 6.17. The predicted octanol–water partition coefficient (Wildman–Crippen LogP) is 3.01. The van der Waals surface area contributed by atoms with Crippen LogP contribution >= 0.6 is 0 Å². The summed E-state index contributed by atoms with van der Waals surface area (Å²) in [5.74, 6) is -0.999. The van der Waals surface area contributed by atoms with Gasteiger partial charge in [0.1, 0.15) is 0 Å². The molecule has 7 heteroatoms. The number of hydrogen-bond acceptors (Lipinski definition) is 5. The van der Waals surface area contributed by atoms with Crippen LogP contribution in [0.4, 0.5) is 5.69 Å². The molecule has 2 aromatic rings. The molecule has 0 saturated carbocycles. The number of hydrogen-bond donors (Lipinski definition) is 1. The van der Waals surface area contributed by atoms with Crippen LogP contribution in [0.25, 0.3) is 0 Å². The Morgan fingerprint density at radius 3 is 2.42 bits per heavy atom. The quantitative estimate of drug-likeness (QED) is 0.784. The third kappa shape index (κ3) is 5.16. The van der Waals surface area contributed by atoms with Crippen molar-refractivity contribution in [3.05, 3.63) is 59.7 Å². The van der Waals surface area contributed by atoms with Gasteiger partial charge in [0, 0.05) is 11.9 Å². The molecule has 2 rings (SSSR count). The van der Waals surface area contributed by atoms with Crippen LogP contribution in [0.1, 0.15) is 35.7 Å². The lowest BCUT2D eigenvalue weighted by Crippen LogP contribution is -2.21. The van der Waals surface area contributed by atoms with E-state index in [0.29, 0.717) is 5.69 Å². The highest BCUT2D eigenvalue weighted by Gasteiger charge is 2.15. The fraction of sp³-hybridized carbons (Fsp3) is 0.263. The van der Waals surface area contributed by atoms with E-state index in [2.05, 4.69) is 5.32 Å². The second kappa shape index (κ2) is 8.14. The topological polar surface area (TPSA) is 89.5 Å². The highest BCUT2D eigenvalue weighted by molar-refractivity contribution is 7.90. The van der Waals surface area contributed by atoms with Crippen molar-refractivity contribution in [2.45, 2.75) is 24.7 Å². The molecule has 6 nitrogen and oxygen atoms in total. The van der Waals surface area contributed by atoms with Gasteiger partial charge in [-0.3, -0.25) is 4.79 Å². The largest absolute Gasteiger partial charge is 0.452 e. The van der Waals surface area contributed by atoms with Crippen molar-refractivity contribution in [1.82, 2.24) is 0 Å². The Labute approximate surface area is 153 Å². The molecular formula is C19H21NO5S. The summed E-state index contributed by atoms with van der Waals surface area (Å²) in [6.07, 6.45) is 1.05. The van der Waals surface area contributed by atoms with Crippen LogP contribution in [-0.2, 0) is 19.4 Å². The Kier molecular flexibility index (Phi) is 6.15. The fourth-order valence-electron chi connectivity index (χ4n) is 2.37. The number of sulfone groups is 1. The SMILES string of the molecule is CC(C)c1ccccc1NC(=O)COC(=O)c1cccc(S(C)(=O)=O)c1. The van der Waals surface area contributed by atoms with Crippen molar-refractivity contribution in [3.8, 4) is 0 Å². The molecule has 0 aliphatic heterocycles. The summed E-state index contributed by atoms with van der Waals surface area (Å²) in [7, 11) is -3.43. The van der Waals surface area contributed by atoms with Crippen LogP contribution in [0.15, 0.2) is 53.4 Å². The minimum absolute atomic E-state index is 0.0160. The van der Waals surface area contributed by atoms with Crippen LogP contribution < -0.4 is 5.32 Å². The van der Waals surface area contributed by atoms with Crippen LogP contribution in [0.3, 0.4) is 0 Å². The molecule has 0 aliphatic carbocycles. The van der Waals surface area contributed by atoms with Crippen LogP contribution in [0.5, 0.6) is 0 Å². The summed E-state index contributed by atoms with van der Waals surface area (Å²) in [4.78, 5) is 24.1. The van der Waals surface area contributed by atoms with E-state index >= 15 is 0 Å². The van der Waals surface area contributed by atoms with E-state index < -0.39 is 28.3 Å². The average Bonchev–Trinajstić information content (AvgIpc) is 2.59. The number of carbonyl (C=O) groups excluding carboxylic acids is 2. The minimum atomic E-state index is -3.43. The summed E-state index contributed by atoms with van der Waals surface area (Å²) in [6.45, 7) is 3.56. The van der Waals surface area contributed by atoms with Crippen molar-refractivity contribution in [3.63, 3.8) is 0 Å². The van der Waals surface area contributed by atoms with Crippen LogP contribution in [0, 0.1) is 0 Å². The van der Waals surface area contributed by atoms with Gasteiger partial charge in [0.2, 0.25) is 0 Å². The molecule has 138 valence electrons. The second-order valence-corrected chi connectivity index (χ2v) is 8.18. The molecule has 0 aromatic heterocycles. The zero-order valence-electron chi connectivity index (χ0n) is 14.9. The highest BCUT2D eigenvalue weighted by Crippen LogP contribution is 2.23. The van der Waals surface area contributed by atoms with Crippen molar-refractivity contribution < 1.29 is 22.7 Å². The number of para-hydroxylation sites is 1. The summed E-state index contributed by atoms with van der Waals surface area (Å²) < 4.78 is 28.1. The predicted molar refractivity (Wildman–Crippen MR) is 99.0 cm³/mol. The van der Waals surface area contributed by atoms with E-state index in [9.17, 15) is 18.0 Å². The third-order valence-electron chi connectivity index (χ3n) is 3.69. The Hall–Kier alpha value is -2.67. The molecule has 0 spiro atoms. The van der Waals surface area contributed by atoms with E-state index in [-0.39, 0.29) is 16.4 Å². The third-order valence-corrected chi connectivity index (χ3v) is 4.80. The van der Waals surface area contributed by atoms with E-state index in [1.165, 1.54) is 24.3 Å². The average molecular weight is 375 g/mol. The number of benzene rings is 2. The van der Waals surface area contributed by atoms with Gasteiger partial charge in [-0.15, -0.1) is 0 Å². The zero-order chi connectivity index (χ0) is 19.3. The first kappa shape index (κ1) is 19.7. The van der Waals surface area contributed by atoms with Gasteiger partial charge in [-0.1, -0.05) is 38.1 Å².